The molecule has 0 bridgehead atoms. The molecule has 0 aliphatic heterocycles. The smallest absolute Gasteiger partial charge is 1.00 e. The molecule has 0 unspecified atom stereocenters. The van der Waals surface area contributed by atoms with Crippen molar-refractivity contribution in [2.45, 2.75) is 31.0 Å². The van der Waals surface area contributed by atoms with Crippen molar-refractivity contribution in [1.29, 1.82) is 0 Å². The Balaban J connectivity index is 0.00000580. The molecule has 3 aromatic rings. The number of allylic oxidation sites excluding steroid dienone is 4. The van der Waals surface area contributed by atoms with Gasteiger partial charge in [0, 0.05) is 0 Å². The number of rotatable bonds is 13. The molecular formula is C45H72Cl3N9SiTi. The summed E-state index contributed by atoms with van der Waals surface area (Å²) in [6.07, 6.45) is 0. The van der Waals surface area contributed by atoms with E-state index >= 15 is 0 Å². The molecule has 0 atom stereocenters. The van der Waals surface area contributed by atoms with Gasteiger partial charge < -0.3 is 37.2 Å². The Kier molecular flexibility index (Phi) is 18.3. The van der Waals surface area contributed by atoms with Crippen molar-refractivity contribution < 1.29 is 57.7 Å². The van der Waals surface area contributed by atoms with E-state index in [2.05, 4.69) is 255 Å². The van der Waals surface area contributed by atoms with Crippen molar-refractivity contribution in [3.63, 3.8) is 0 Å². The molecule has 1 aliphatic carbocycles. The van der Waals surface area contributed by atoms with Gasteiger partial charge in [-0.05, 0) is 0 Å². The van der Waals surface area contributed by atoms with E-state index in [4.69, 9.17) is 0 Å². The van der Waals surface area contributed by atoms with Crippen LogP contribution in [0, 0.1) is 0 Å². The summed E-state index contributed by atoms with van der Waals surface area (Å²) in [6.45, 7) is 9.54. The van der Waals surface area contributed by atoms with E-state index in [1.54, 1.807) is 0 Å². The topological polar surface area (TPSA) is 29.2 Å². The Hall–Kier alpha value is -2.86. The molecule has 0 N–H and O–H groups in total. The van der Waals surface area contributed by atoms with Crippen LogP contribution in [0.2, 0.25) is 3.34 Å². The van der Waals surface area contributed by atoms with Crippen molar-refractivity contribution in [2.75, 3.05) is 171 Å². The summed E-state index contributed by atoms with van der Waals surface area (Å²) in [5.41, 5.74) is 16.6. The molecule has 0 aromatic heterocycles. The van der Waals surface area contributed by atoms with Crippen molar-refractivity contribution in [1.82, 2.24) is 0 Å². The van der Waals surface area contributed by atoms with Crippen LogP contribution in [-0.4, -0.2) is 135 Å². The average molecular weight is 921 g/mol. The number of anilines is 9. The molecule has 9 nitrogen and oxygen atoms in total. The van der Waals surface area contributed by atoms with E-state index in [-0.39, 0.29) is 40.6 Å². The van der Waals surface area contributed by atoms with Crippen LogP contribution in [-0.2, 0) is 20.4 Å². The van der Waals surface area contributed by atoms with Crippen LogP contribution < -0.4 is 96.9 Å². The van der Waals surface area contributed by atoms with Crippen molar-refractivity contribution in [3.05, 3.63) is 58.7 Å². The largest absolute Gasteiger partial charge is 1.00 e. The first-order valence-corrected chi connectivity index (χ1v) is 22.3. The summed E-state index contributed by atoms with van der Waals surface area (Å²) < 4.78 is -0.340. The summed E-state index contributed by atoms with van der Waals surface area (Å²) in [7, 11) is 36.0. The first kappa shape index (κ1) is 54.2. The van der Waals surface area contributed by atoms with E-state index in [1.165, 1.54) is 89.0 Å². The van der Waals surface area contributed by atoms with Crippen LogP contribution in [0.3, 0.4) is 0 Å². The molecule has 0 spiro atoms. The first-order valence-electron chi connectivity index (χ1n) is 19.5. The molecule has 0 saturated heterocycles. The second kappa shape index (κ2) is 19.9. The van der Waals surface area contributed by atoms with Crippen LogP contribution in [0.5, 0.6) is 0 Å². The fraction of sp³-hybridized carbons (Fsp3) is 0.511. The molecule has 1 aliphatic rings. The quantitative estimate of drug-likeness (QED) is 0.130. The fourth-order valence-electron chi connectivity index (χ4n) is 9.00. The molecule has 59 heavy (non-hydrogen) atoms. The van der Waals surface area contributed by atoms with Gasteiger partial charge in [0.1, 0.15) is 0 Å². The third-order valence-electron chi connectivity index (χ3n) is 12.1. The maximum Gasteiger partial charge on any atom is -1.00 e. The predicted octanol–water partition coefficient (Wildman–Crippen LogP) is -3.31. The van der Waals surface area contributed by atoms with Gasteiger partial charge in [0.2, 0.25) is 0 Å². The molecule has 0 radical (unpaired) electrons. The zero-order valence-corrected chi connectivity index (χ0v) is 45.0. The molecule has 0 amide bonds. The number of hydrogen-bond acceptors (Lipinski definition) is 9. The summed E-state index contributed by atoms with van der Waals surface area (Å²) in [5.74, 6) is 0. The van der Waals surface area contributed by atoms with Gasteiger partial charge in [0.15, 0.2) is 0 Å². The monoisotopic (exact) mass is 919 g/mol. The van der Waals surface area contributed by atoms with Crippen LogP contribution in [0.15, 0.2) is 58.7 Å². The van der Waals surface area contributed by atoms with Crippen LogP contribution in [0.25, 0.3) is 0 Å². The van der Waals surface area contributed by atoms with Crippen molar-refractivity contribution >= 4 is 74.8 Å². The summed E-state index contributed by atoms with van der Waals surface area (Å²) >= 11 is 2.59. The van der Waals surface area contributed by atoms with Crippen molar-refractivity contribution in [3.8, 4) is 0 Å². The van der Waals surface area contributed by atoms with Gasteiger partial charge in [-0.25, -0.2) is 0 Å². The number of benzene rings is 3. The molecule has 4 rings (SSSR count). The van der Waals surface area contributed by atoms with Gasteiger partial charge in [0.25, 0.3) is 0 Å². The summed E-state index contributed by atoms with van der Waals surface area (Å²) in [4.78, 5) is 20.7. The minimum absolute atomic E-state index is 0. The predicted molar refractivity (Wildman–Crippen MR) is 252 cm³/mol. The minimum Gasteiger partial charge on any atom is -1.00 e. The standard InChI is InChI=1S/C45H72N9Si.3ClH.Ti/c1-29-30(2)32(4)45(31(29)3)55(33-23-36(46(5)6)42(52(17)18)37(24-33)47(7)8,34-25-38(48(9)10)43(53(19)20)39(26-34)49(11)12)35-27-40(50(13)14)44(54(21)22)41(28-35)51(15)16;;;;/h23-28H,1-22H3;3*1H;/q;;;;+3/p-3. The van der Waals surface area contributed by atoms with Crippen LogP contribution in [0.4, 0.5) is 51.2 Å². The SMILES string of the molecule is CC1=C(C)[C]([Ti+3])([Si](c2cc(N(C)C)c(N(C)C)c(N(C)C)c2)(c2cc(N(C)C)c(N(C)C)c(N(C)C)c2)c2cc(N(C)C)c(N(C)C)c(N(C)C)c2)C(C)=C1C.[Cl-].[Cl-].[Cl-]. The Morgan fingerprint density at radius 2 is 0.508 bits per heavy atom. The molecule has 326 valence electrons. The van der Waals surface area contributed by atoms with Gasteiger partial charge >= 0.3 is 356 Å². The Bertz CT molecular complexity index is 1750. The minimum atomic E-state index is -3.29. The van der Waals surface area contributed by atoms with E-state index in [9.17, 15) is 0 Å². The Morgan fingerprint density at radius 1 is 0.339 bits per heavy atom. The zero-order valence-electron chi connectivity index (χ0n) is 40.1. The van der Waals surface area contributed by atoms with Crippen molar-refractivity contribution in [2.24, 2.45) is 0 Å². The van der Waals surface area contributed by atoms with E-state index in [0.29, 0.717) is 0 Å². The number of nitrogens with zero attached hydrogens (tertiary/aromatic N) is 9. The normalized spacial score (nSPS) is 13.3. The fourth-order valence-corrected chi connectivity index (χ4v) is 17.5. The molecule has 14 heteroatoms. The summed E-state index contributed by atoms with van der Waals surface area (Å²) in [6, 6.07) is 15.3. The molecule has 0 heterocycles. The third kappa shape index (κ3) is 8.92. The number of halogens is 3. The summed E-state index contributed by atoms with van der Waals surface area (Å²) in [5, 5.41) is 4.16. The van der Waals surface area contributed by atoms with Crippen LogP contribution >= 0.6 is 0 Å². The maximum absolute atomic E-state index is 3.29. The molecule has 3 aromatic carbocycles. The van der Waals surface area contributed by atoms with Gasteiger partial charge in [-0.1, -0.05) is 0 Å². The maximum atomic E-state index is 2.59. The first-order chi connectivity index (χ1) is 25.8. The molecular weight excluding hydrogens is 849 g/mol. The van der Waals surface area contributed by atoms with E-state index < -0.39 is 8.07 Å². The van der Waals surface area contributed by atoms with Gasteiger partial charge in [-0.15, -0.1) is 0 Å². The van der Waals surface area contributed by atoms with E-state index in [0.717, 1.165) is 0 Å². The zero-order chi connectivity index (χ0) is 42.7. The Morgan fingerprint density at radius 3 is 0.644 bits per heavy atom. The molecule has 0 saturated carbocycles. The third-order valence-corrected chi connectivity index (χ3v) is 20.4. The average Bonchev–Trinajstić information content (AvgIpc) is 3.25. The second-order valence-electron chi connectivity index (χ2n) is 17.6. The number of hydrogen-bond donors (Lipinski definition) is 0. The van der Waals surface area contributed by atoms with Gasteiger partial charge in [0.05, 0.1) is 0 Å². The second-order valence-corrected chi connectivity index (χ2v) is 23.6. The van der Waals surface area contributed by atoms with E-state index in [1.807, 2.05) is 0 Å². The van der Waals surface area contributed by atoms with Gasteiger partial charge in [-0.3, -0.25) is 0 Å². The Labute approximate surface area is 390 Å². The van der Waals surface area contributed by atoms with Crippen LogP contribution in [0.1, 0.15) is 27.7 Å². The van der Waals surface area contributed by atoms with Gasteiger partial charge in [-0.2, -0.15) is 0 Å². The molecule has 0 fully saturated rings.